The number of phosphoric acid groups is 1. The van der Waals surface area contributed by atoms with Gasteiger partial charge in [-0.25, -0.2) is 4.57 Å². The predicted molar refractivity (Wildman–Crippen MR) is 383 cm³/mol. The molecule has 0 bridgehead atoms. The molecule has 0 aliphatic carbocycles. The molecule has 0 spiro atoms. The number of nitrogens with zero attached hydrogens (tertiary/aromatic N) is 1. The maximum Gasteiger partial charge on any atom is 0.472 e. The molecule has 0 aromatic carbocycles. The van der Waals surface area contributed by atoms with Crippen LogP contribution in [0.4, 0.5) is 0 Å². The molecule has 0 radical (unpaired) electrons. The summed E-state index contributed by atoms with van der Waals surface area (Å²) in [6, 6.07) is -0.851. The van der Waals surface area contributed by atoms with Crippen molar-refractivity contribution in [3.8, 4) is 0 Å². The molecule has 88 heavy (non-hydrogen) atoms. The van der Waals surface area contributed by atoms with E-state index >= 15 is 0 Å². The molecular weight excluding hydrogens is 1110 g/mol. The van der Waals surface area contributed by atoms with Gasteiger partial charge in [-0.05, 0) is 96.0 Å². The maximum atomic E-state index is 13.6. The zero-order valence-corrected chi connectivity index (χ0v) is 60.1. The van der Waals surface area contributed by atoms with Crippen LogP contribution in [0.1, 0.15) is 374 Å². The van der Waals surface area contributed by atoms with E-state index in [-0.39, 0.29) is 25.1 Å². The van der Waals surface area contributed by atoms with E-state index in [9.17, 15) is 19.0 Å². The van der Waals surface area contributed by atoms with Gasteiger partial charge >= 0.3 is 13.8 Å². The topological polar surface area (TPSA) is 111 Å². The zero-order valence-electron chi connectivity index (χ0n) is 59.2. The van der Waals surface area contributed by atoms with E-state index in [2.05, 4.69) is 74.7 Å². The highest BCUT2D eigenvalue weighted by Gasteiger charge is 2.30. The van der Waals surface area contributed by atoms with Gasteiger partial charge < -0.3 is 19.4 Å². The first-order chi connectivity index (χ1) is 42.9. The Balaban J connectivity index is 4.96. The summed E-state index contributed by atoms with van der Waals surface area (Å²) in [5.74, 6) is -0.493. The number of hydrogen-bond acceptors (Lipinski definition) is 6. The molecule has 10 heteroatoms. The Hall–Kier alpha value is -2.29. The van der Waals surface area contributed by atoms with Crippen LogP contribution in [0.25, 0.3) is 0 Å². The van der Waals surface area contributed by atoms with E-state index in [0.29, 0.717) is 23.9 Å². The van der Waals surface area contributed by atoms with Gasteiger partial charge in [-0.15, -0.1) is 0 Å². The van der Waals surface area contributed by atoms with Crippen molar-refractivity contribution in [2.24, 2.45) is 0 Å². The van der Waals surface area contributed by atoms with E-state index in [1.807, 2.05) is 33.3 Å². The molecule has 0 aromatic heterocycles. The van der Waals surface area contributed by atoms with Crippen molar-refractivity contribution in [3.05, 3.63) is 60.8 Å². The SMILES string of the molecule is CCCCC/C=C\C/C=C\C/C=C\CCCCCCCCCCCCC(=O)NC(COP(=O)(O)OCC[N+](C)(C)C)C(/C=C/CCCCCCCCCCCC)OC(=O)CCCCCCCCCCCCCCCCCCC/C=C/CCCCCCCC. The van der Waals surface area contributed by atoms with Crippen LogP contribution in [0.15, 0.2) is 60.8 Å². The number of amides is 1. The smallest absolute Gasteiger partial charge is 0.456 e. The number of esters is 1. The Morgan fingerprint density at radius 1 is 0.398 bits per heavy atom. The number of allylic oxidation sites excluding steroid dienone is 9. The second kappa shape index (κ2) is 67.6. The normalized spacial score (nSPS) is 13.8. The number of phosphoric ester groups is 1. The molecule has 2 N–H and O–H groups in total. The number of carbonyl (C=O) groups is 2. The van der Waals surface area contributed by atoms with E-state index in [1.165, 1.54) is 270 Å². The third-order valence-corrected chi connectivity index (χ3v) is 18.2. The summed E-state index contributed by atoms with van der Waals surface area (Å²) in [5.41, 5.74) is 0. The minimum absolute atomic E-state index is 0.0400. The van der Waals surface area contributed by atoms with E-state index in [0.717, 1.165) is 70.6 Å². The Bertz CT molecular complexity index is 1690. The molecule has 0 aromatic rings. The van der Waals surface area contributed by atoms with Gasteiger partial charge in [0.25, 0.3) is 0 Å². The third-order valence-electron chi connectivity index (χ3n) is 17.2. The fourth-order valence-electron chi connectivity index (χ4n) is 11.3. The summed E-state index contributed by atoms with van der Waals surface area (Å²) in [4.78, 5) is 38.0. The number of nitrogens with one attached hydrogen (secondary N) is 1. The molecular formula is C78H148N2O7P+. The van der Waals surface area contributed by atoms with Gasteiger partial charge in [-0.1, -0.05) is 326 Å². The number of ether oxygens (including phenoxy) is 1. The van der Waals surface area contributed by atoms with Crippen molar-refractivity contribution in [2.75, 3.05) is 40.9 Å². The number of quaternary nitrogens is 1. The van der Waals surface area contributed by atoms with Gasteiger partial charge in [0, 0.05) is 12.8 Å². The summed E-state index contributed by atoms with van der Waals surface area (Å²) in [7, 11) is 1.50. The Kier molecular flexibility index (Phi) is 65.8. The number of likely N-dealkylation sites (N-methyl/N-ethyl adjacent to an activating group) is 1. The Morgan fingerprint density at radius 3 is 1.07 bits per heavy atom. The number of carbonyl (C=O) groups excluding carboxylic acids is 2. The van der Waals surface area contributed by atoms with Crippen LogP contribution in [0, 0.1) is 0 Å². The molecule has 0 aliphatic rings. The van der Waals surface area contributed by atoms with Gasteiger partial charge in [0.1, 0.15) is 19.3 Å². The third kappa shape index (κ3) is 68.1. The van der Waals surface area contributed by atoms with Crippen LogP contribution in [-0.4, -0.2) is 74.3 Å². The highest BCUT2D eigenvalue weighted by Crippen LogP contribution is 2.43. The lowest BCUT2D eigenvalue weighted by Gasteiger charge is -2.27. The van der Waals surface area contributed by atoms with Crippen LogP contribution in [0.5, 0.6) is 0 Å². The first-order valence-corrected chi connectivity index (χ1v) is 39.6. The molecule has 9 nitrogen and oxygen atoms in total. The van der Waals surface area contributed by atoms with Crippen molar-refractivity contribution >= 4 is 19.7 Å². The van der Waals surface area contributed by atoms with Gasteiger partial charge in [0.2, 0.25) is 5.91 Å². The molecule has 0 aliphatic heterocycles. The van der Waals surface area contributed by atoms with Crippen molar-refractivity contribution < 1.29 is 37.3 Å². The van der Waals surface area contributed by atoms with E-state index < -0.39 is 20.0 Å². The Morgan fingerprint density at radius 2 is 0.693 bits per heavy atom. The first-order valence-electron chi connectivity index (χ1n) is 38.1. The highest BCUT2D eigenvalue weighted by molar-refractivity contribution is 7.47. The van der Waals surface area contributed by atoms with E-state index in [4.69, 9.17) is 13.8 Å². The molecule has 3 unspecified atom stereocenters. The van der Waals surface area contributed by atoms with Crippen LogP contribution >= 0.6 is 7.82 Å². The number of unbranched alkanes of at least 4 members (excludes halogenated alkanes) is 46. The van der Waals surface area contributed by atoms with Gasteiger partial charge in [0.05, 0.1) is 33.8 Å². The lowest BCUT2D eigenvalue weighted by Crippen LogP contribution is -2.47. The fourth-order valence-corrected chi connectivity index (χ4v) is 12.0. The molecule has 0 saturated heterocycles. The highest BCUT2D eigenvalue weighted by atomic mass is 31.2. The zero-order chi connectivity index (χ0) is 64.2. The second-order valence-electron chi connectivity index (χ2n) is 27.2. The monoisotopic (exact) mass is 1260 g/mol. The van der Waals surface area contributed by atoms with Crippen LogP contribution < -0.4 is 5.32 Å². The van der Waals surface area contributed by atoms with Crippen molar-refractivity contribution in [2.45, 2.75) is 386 Å². The largest absolute Gasteiger partial charge is 0.472 e. The van der Waals surface area contributed by atoms with E-state index in [1.54, 1.807) is 0 Å². The molecule has 516 valence electrons. The van der Waals surface area contributed by atoms with Crippen LogP contribution in [-0.2, 0) is 27.9 Å². The van der Waals surface area contributed by atoms with Crippen LogP contribution in [0.3, 0.4) is 0 Å². The second-order valence-corrected chi connectivity index (χ2v) is 28.6. The quantitative estimate of drug-likeness (QED) is 0.0205. The standard InChI is InChI=1S/C78H147N2O7P/c1-7-10-13-16-19-22-25-28-30-32-34-36-38-39-40-41-43-45-47-49-51-53-56-59-62-65-68-71-78(82)87-76(69-66-63-60-57-54-27-24-21-18-15-12-9-3)75(74-86-88(83,84)85-73-72-80(4,5)6)79-77(81)70-67-64-61-58-55-52-50-48-46-44-42-37-35-33-31-29-26-23-20-17-14-11-8-2/h20,23,28-31,35,37,66,69,75-76H,7-19,21-22,24-27,32-34,36,38-65,67-68,70-74H2,1-6H3,(H-,79,81,83,84)/p+1/b23-20-,30-28+,31-29-,37-35-,69-66+. The minimum atomic E-state index is -4.46. The molecule has 0 heterocycles. The molecule has 0 fully saturated rings. The first kappa shape index (κ1) is 85.7. The predicted octanol–water partition coefficient (Wildman–Crippen LogP) is 24.5. The molecule has 0 saturated carbocycles. The molecule has 3 atom stereocenters. The fraction of sp³-hybridized carbons (Fsp3) is 0.846. The minimum Gasteiger partial charge on any atom is -0.456 e. The summed E-state index contributed by atoms with van der Waals surface area (Å²) in [5, 5.41) is 3.08. The summed E-state index contributed by atoms with van der Waals surface area (Å²) in [6.45, 7) is 7.03. The summed E-state index contributed by atoms with van der Waals surface area (Å²) in [6.07, 6.45) is 88.2. The number of rotatable bonds is 70. The van der Waals surface area contributed by atoms with Crippen molar-refractivity contribution in [1.82, 2.24) is 5.32 Å². The van der Waals surface area contributed by atoms with Gasteiger partial charge in [0.15, 0.2) is 0 Å². The van der Waals surface area contributed by atoms with Crippen molar-refractivity contribution in [1.29, 1.82) is 0 Å². The molecule has 1 amide bonds. The lowest BCUT2D eigenvalue weighted by molar-refractivity contribution is -0.870. The number of hydrogen-bond donors (Lipinski definition) is 2. The summed E-state index contributed by atoms with van der Waals surface area (Å²) < 4.78 is 30.9. The Labute approximate surface area is 547 Å². The van der Waals surface area contributed by atoms with Crippen LogP contribution in [0.2, 0.25) is 0 Å². The lowest BCUT2D eigenvalue weighted by atomic mass is 10.0. The average molecular weight is 1260 g/mol. The summed E-state index contributed by atoms with van der Waals surface area (Å²) >= 11 is 0. The van der Waals surface area contributed by atoms with Gasteiger partial charge in [-0.2, -0.15) is 0 Å². The van der Waals surface area contributed by atoms with Crippen molar-refractivity contribution in [3.63, 3.8) is 0 Å². The molecule has 0 rings (SSSR count). The van der Waals surface area contributed by atoms with Gasteiger partial charge in [-0.3, -0.25) is 18.6 Å². The maximum absolute atomic E-state index is 13.6. The average Bonchev–Trinajstić information content (AvgIpc) is 3.53.